The summed E-state index contributed by atoms with van der Waals surface area (Å²) in [5.41, 5.74) is 0. The molecule has 0 aromatic heterocycles. The van der Waals surface area contributed by atoms with Gasteiger partial charge in [-0.2, -0.15) is 0 Å². The van der Waals surface area contributed by atoms with E-state index >= 15 is 0 Å². The highest BCUT2D eigenvalue weighted by Crippen LogP contribution is 2.38. The standard InChI is InChI=1S/C9H15BrO4/c1-9(2)13-7-6(11)5(3-4-10)12-8(7)14-9/h5-8,11H,3-4H2,1-2H3/t5-,6+,7-,8-/m1/s1. The highest BCUT2D eigenvalue weighted by Gasteiger charge is 2.53. The molecule has 14 heavy (non-hydrogen) atoms. The van der Waals surface area contributed by atoms with Crippen molar-refractivity contribution in [2.45, 2.75) is 50.7 Å². The molecule has 0 aromatic carbocycles. The van der Waals surface area contributed by atoms with E-state index in [1.165, 1.54) is 0 Å². The van der Waals surface area contributed by atoms with Crippen molar-refractivity contribution in [3.63, 3.8) is 0 Å². The van der Waals surface area contributed by atoms with Crippen LogP contribution >= 0.6 is 15.9 Å². The summed E-state index contributed by atoms with van der Waals surface area (Å²) in [5, 5.41) is 10.7. The van der Waals surface area contributed by atoms with E-state index in [1.54, 1.807) is 0 Å². The molecule has 2 aliphatic heterocycles. The zero-order valence-electron chi connectivity index (χ0n) is 8.27. The van der Waals surface area contributed by atoms with E-state index in [2.05, 4.69) is 15.9 Å². The Balaban J connectivity index is 2.00. The van der Waals surface area contributed by atoms with Gasteiger partial charge in [0.15, 0.2) is 12.1 Å². The van der Waals surface area contributed by atoms with Gasteiger partial charge < -0.3 is 19.3 Å². The Morgan fingerprint density at radius 1 is 1.36 bits per heavy atom. The van der Waals surface area contributed by atoms with E-state index in [0.29, 0.717) is 0 Å². The quantitative estimate of drug-likeness (QED) is 0.758. The SMILES string of the molecule is CC1(C)O[C@H]2O[C@H](CCBr)[C@H](O)[C@H]2O1. The fourth-order valence-corrected chi connectivity index (χ4v) is 2.36. The molecule has 0 radical (unpaired) electrons. The van der Waals surface area contributed by atoms with E-state index in [-0.39, 0.29) is 12.2 Å². The minimum Gasteiger partial charge on any atom is -0.387 e. The Morgan fingerprint density at radius 3 is 2.64 bits per heavy atom. The van der Waals surface area contributed by atoms with Gasteiger partial charge in [0.2, 0.25) is 0 Å². The van der Waals surface area contributed by atoms with Gasteiger partial charge in [0.25, 0.3) is 0 Å². The molecule has 2 fully saturated rings. The van der Waals surface area contributed by atoms with Crippen molar-refractivity contribution in [2.24, 2.45) is 0 Å². The molecule has 0 bridgehead atoms. The molecule has 2 saturated heterocycles. The van der Waals surface area contributed by atoms with E-state index in [0.717, 1.165) is 11.8 Å². The Morgan fingerprint density at radius 2 is 2.07 bits per heavy atom. The average Bonchev–Trinajstić information content (AvgIpc) is 2.50. The van der Waals surface area contributed by atoms with E-state index in [1.807, 2.05) is 13.8 Å². The number of alkyl halides is 1. The molecule has 5 heteroatoms. The van der Waals surface area contributed by atoms with Crippen LogP contribution < -0.4 is 0 Å². The minimum atomic E-state index is -0.643. The van der Waals surface area contributed by atoms with E-state index in [9.17, 15) is 5.11 Å². The van der Waals surface area contributed by atoms with Gasteiger partial charge in [-0.1, -0.05) is 15.9 Å². The van der Waals surface area contributed by atoms with Crippen LogP contribution in [0.2, 0.25) is 0 Å². The number of fused-ring (bicyclic) bond motifs is 1. The molecule has 0 spiro atoms. The third-order valence-corrected chi connectivity index (χ3v) is 2.97. The summed E-state index contributed by atoms with van der Waals surface area (Å²) in [6, 6.07) is 0. The number of ether oxygens (including phenoxy) is 3. The van der Waals surface area contributed by atoms with Gasteiger partial charge in [-0.15, -0.1) is 0 Å². The van der Waals surface area contributed by atoms with Crippen molar-refractivity contribution in [3.05, 3.63) is 0 Å². The molecular formula is C9H15BrO4. The van der Waals surface area contributed by atoms with Gasteiger partial charge in [-0.05, 0) is 20.3 Å². The zero-order chi connectivity index (χ0) is 10.3. The van der Waals surface area contributed by atoms with Crippen LogP contribution in [0.3, 0.4) is 0 Å². The van der Waals surface area contributed by atoms with Gasteiger partial charge in [0.1, 0.15) is 12.2 Å². The smallest absolute Gasteiger partial charge is 0.190 e. The van der Waals surface area contributed by atoms with Crippen molar-refractivity contribution >= 4 is 15.9 Å². The van der Waals surface area contributed by atoms with Crippen LogP contribution in [-0.2, 0) is 14.2 Å². The molecule has 4 nitrogen and oxygen atoms in total. The monoisotopic (exact) mass is 266 g/mol. The lowest BCUT2D eigenvalue weighted by atomic mass is 10.1. The Hall–Kier alpha value is 0.320. The first-order valence-electron chi connectivity index (χ1n) is 4.78. The first kappa shape index (κ1) is 10.8. The molecule has 2 rings (SSSR count). The number of rotatable bonds is 2. The fraction of sp³-hybridized carbons (Fsp3) is 1.00. The first-order valence-corrected chi connectivity index (χ1v) is 5.91. The predicted molar refractivity (Wildman–Crippen MR) is 53.1 cm³/mol. The molecule has 0 unspecified atom stereocenters. The number of aliphatic hydroxyl groups excluding tert-OH is 1. The van der Waals surface area contributed by atoms with Crippen molar-refractivity contribution < 1.29 is 19.3 Å². The number of hydrogen-bond acceptors (Lipinski definition) is 4. The molecule has 4 atom stereocenters. The Kier molecular flexibility index (Phi) is 2.87. The second-order valence-electron chi connectivity index (χ2n) is 4.11. The van der Waals surface area contributed by atoms with Gasteiger partial charge in [-0.25, -0.2) is 0 Å². The largest absolute Gasteiger partial charge is 0.387 e. The highest BCUT2D eigenvalue weighted by atomic mass is 79.9. The lowest BCUT2D eigenvalue weighted by Gasteiger charge is -2.22. The normalized spacial score (nSPS) is 45.4. The van der Waals surface area contributed by atoms with E-state index in [4.69, 9.17) is 14.2 Å². The third kappa shape index (κ3) is 1.84. The van der Waals surface area contributed by atoms with Crippen molar-refractivity contribution in [3.8, 4) is 0 Å². The lowest BCUT2D eigenvalue weighted by molar-refractivity contribution is -0.214. The van der Waals surface area contributed by atoms with Crippen LogP contribution in [0.25, 0.3) is 0 Å². The molecule has 0 saturated carbocycles. The maximum absolute atomic E-state index is 9.87. The Bertz CT molecular complexity index is 221. The van der Waals surface area contributed by atoms with Crippen LogP contribution in [-0.4, -0.2) is 40.8 Å². The van der Waals surface area contributed by atoms with E-state index < -0.39 is 18.2 Å². The maximum Gasteiger partial charge on any atom is 0.190 e. The summed E-state index contributed by atoms with van der Waals surface area (Å²) in [4.78, 5) is 0. The molecular weight excluding hydrogens is 252 g/mol. The highest BCUT2D eigenvalue weighted by molar-refractivity contribution is 9.09. The van der Waals surface area contributed by atoms with Gasteiger partial charge in [-0.3, -0.25) is 0 Å². The van der Waals surface area contributed by atoms with Gasteiger partial charge in [0.05, 0.1) is 6.10 Å². The fourth-order valence-electron chi connectivity index (χ4n) is 1.90. The predicted octanol–water partition coefficient (Wildman–Crippen LogP) is 1.01. The molecule has 2 heterocycles. The first-order chi connectivity index (χ1) is 6.53. The number of aliphatic hydroxyl groups is 1. The zero-order valence-corrected chi connectivity index (χ0v) is 9.86. The van der Waals surface area contributed by atoms with Crippen LogP contribution in [0.15, 0.2) is 0 Å². The molecule has 0 aliphatic carbocycles. The third-order valence-electron chi connectivity index (χ3n) is 2.51. The topological polar surface area (TPSA) is 47.9 Å². The average molecular weight is 267 g/mol. The summed E-state index contributed by atoms with van der Waals surface area (Å²) in [7, 11) is 0. The summed E-state index contributed by atoms with van der Waals surface area (Å²) in [6.45, 7) is 3.64. The second kappa shape index (κ2) is 3.72. The maximum atomic E-state index is 9.87. The molecule has 0 aromatic rings. The van der Waals surface area contributed by atoms with Crippen molar-refractivity contribution in [2.75, 3.05) is 5.33 Å². The van der Waals surface area contributed by atoms with Crippen LogP contribution in [0.1, 0.15) is 20.3 Å². The second-order valence-corrected chi connectivity index (χ2v) is 4.90. The lowest BCUT2D eigenvalue weighted by Crippen LogP contribution is -2.34. The van der Waals surface area contributed by atoms with Crippen LogP contribution in [0.5, 0.6) is 0 Å². The van der Waals surface area contributed by atoms with Crippen molar-refractivity contribution in [1.29, 1.82) is 0 Å². The number of hydrogen-bond donors (Lipinski definition) is 1. The van der Waals surface area contributed by atoms with Crippen molar-refractivity contribution in [1.82, 2.24) is 0 Å². The molecule has 82 valence electrons. The van der Waals surface area contributed by atoms with Gasteiger partial charge in [0, 0.05) is 5.33 Å². The summed E-state index contributed by atoms with van der Waals surface area (Å²) >= 11 is 3.32. The Labute approximate surface area is 91.6 Å². The number of halogens is 1. The minimum absolute atomic E-state index is 0.180. The molecule has 1 N–H and O–H groups in total. The summed E-state index contributed by atoms with van der Waals surface area (Å²) in [5.74, 6) is -0.643. The van der Waals surface area contributed by atoms with Gasteiger partial charge >= 0.3 is 0 Å². The molecule has 2 aliphatic rings. The van der Waals surface area contributed by atoms with Crippen LogP contribution in [0, 0.1) is 0 Å². The summed E-state index contributed by atoms with van der Waals surface area (Å²) in [6.07, 6.45) is -0.751. The summed E-state index contributed by atoms with van der Waals surface area (Å²) < 4.78 is 16.6. The van der Waals surface area contributed by atoms with Crippen LogP contribution in [0.4, 0.5) is 0 Å². The molecule has 0 amide bonds.